The van der Waals surface area contributed by atoms with Gasteiger partial charge in [0.25, 0.3) is 11.7 Å². The maximum absolute atomic E-state index is 14.5. The summed E-state index contributed by atoms with van der Waals surface area (Å²) < 4.78 is 35.5. The lowest BCUT2D eigenvalue weighted by atomic mass is 9.78. The van der Waals surface area contributed by atoms with Gasteiger partial charge in [0.05, 0.1) is 31.5 Å². The van der Waals surface area contributed by atoms with Gasteiger partial charge in [0, 0.05) is 59.6 Å². The number of hydrogen-bond donors (Lipinski definition) is 3. The first kappa shape index (κ1) is 59.8. The number of aliphatic hydroxyl groups is 3. The van der Waals surface area contributed by atoms with Crippen molar-refractivity contribution in [2.24, 2.45) is 35.5 Å². The van der Waals surface area contributed by atoms with Crippen LogP contribution < -0.4 is 0 Å². The Kier molecular flexibility index (Phi) is 23.6. The molecule has 3 aliphatic heterocycles. The Morgan fingerprint density at radius 1 is 0.873 bits per heavy atom. The highest BCUT2D eigenvalue weighted by Gasteiger charge is 2.53. The summed E-state index contributed by atoms with van der Waals surface area (Å²) in [5, 5.41) is 36.0. The number of fused-ring (bicyclic) bond motifs is 3. The van der Waals surface area contributed by atoms with Gasteiger partial charge >= 0.3 is 12.1 Å². The molecule has 2 bridgehead atoms. The van der Waals surface area contributed by atoms with E-state index in [0.29, 0.717) is 69.8 Å². The molecule has 0 aromatic heterocycles. The highest BCUT2D eigenvalue weighted by atomic mass is 16.7. The van der Waals surface area contributed by atoms with Crippen molar-refractivity contribution in [3.63, 3.8) is 0 Å². The fraction of sp³-hybridized carbons (Fsp3) is 0.759. The van der Waals surface area contributed by atoms with E-state index < -0.39 is 102 Å². The van der Waals surface area contributed by atoms with Crippen molar-refractivity contribution < 1.29 is 72.6 Å². The number of methoxy groups -OCH3 is 3. The lowest BCUT2D eigenvalue weighted by Gasteiger charge is -2.42. The van der Waals surface area contributed by atoms with Crippen molar-refractivity contribution in [3.05, 3.63) is 47.6 Å². The van der Waals surface area contributed by atoms with E-state index in [2.05, 4.69) is 0 Å². The number of nitrogens with zero attached hydrogens (tertiary/aromatic N) is 2. The summed E-state index contributed by atoms with van der Waals surface area (Å²) in [4.78, 5) is 76.1. The minimum atomic E-state index is -2.45. The molecule has 1 saturated carbocycles. The van der Waals surface area contributed by atoms with Gasteiger partial charge in [-0.2, -0.15) is 5.06 Å². The molecule has 4 unspecified atom stereocenters. The quantitative estimate of drug-likeness (QED) is 0.101. The Hall–Kier alpha value is -3.81. The molecule has 71 heavy (non-hydrogen) atoms. The number of carbonyl (C=O) groups is 5. The van der Waals surface area contributed by atoms with Crippen molar-refractivity contribution in [2.75, 3.05) is 42.0 Å². The van der Waals surface area contributed by atoms with Gasteiger partial charge in [-0.3, -0.25) is 19.2 Å². The first-order chi connectivity index (χ1) is 33.6. The first-order valence-corrected chi connectivity index (χ1v) is 25.7. The van der Waals surface area contributed by atoms with Crippen LogP contribution in [0.15, 0.2) is 47.6 Å². The standard InChI is InChI=1S/C54H86N2O15/c1-32-18-14-13-15-19-33(2)44(65-9)30-40-23-21-38(7)54(64,71-40)50(60)51(61)56-25-17-16-20-41(56)52(62)69-45(31-42(57)34(3)27-37(6)48(59)49(67-11)47(58)36(5)26-32)35(4)28-39-22-24-43(46(29-39)66-10)70-53(63)55(8)68-12/h13-15,18-19,27,32,34-36,38-41,43-49,58-59,64H,16-17,20-26,28-31H2,1-12H3/b15-13+,18-14+,33-19+,37-27+/t32-,34-,35-,36?,38-,39+,40+,41?,43-,44+,45+,46-,47?,48-,49?,54-/m1/s1. The third-order valence-electron chi connectivity index (χ3n) is 15.5. The number of Topliss-reactive ketones (excluding diaryl/α,β-unsaturated/α-hetero) is 2. The third-order valence-corrected chi connectivity index (χ3v) is 15.5. The zero-order valence-corrected chi connectivity index (χ0v) is 44.5. The monoisotopic (exact) mass is 1000 g/mol. The van der Waals surface area contributed by atoms with E-state index in [9.17, 15) is 39.3 Å². The number of hydrogen-bond acceptors (Lipinski definition) is 15. The van der Waals surface area contributed by atoms with E-state index in [1.807, 2.05) is 58.1 Å². The topological polar surface area (TPSA) is 217 Å². The zero-order chi connectivity index (χ0) is 52.7. The van der Waals surface area contributed by atoms with Crippen LogP contribution >= 0.6 is 0 Å². The van der Waals surface area contributed by atoms with Crippen LogP contribution in [-0.2, 0) is 52.4 Å². The lowest BCUT2D eigenvalue weighted by molar-refractivity contribution is -0.265. The summed E-state index contributed by atoms with van der Waals surface area (Å²) in [5.74, 6) is -7.71. The Labute approximate surface area is 422 Å². The second-order valence-corrected chi connectivity index (χ2v) is 20.8. The minimum absolute atomic E-state index is 0.0327. The van der Waals surface area contributed by atoms with Crippen LogP contribution in [0.4, 0.5) is 4.79 Å². The van der Waals surface area contributed by atoms with Crippen molar-refractivity contribution in [2.45, 2.75) is 186 Å². The highest BCUT2D eigenvalue weighted by Crippen LogP contribution is 2.38. The van der Waals surface area contributed by atoms with E-state index >= 15 is 0 Å². The Balaban J connectivity index is 1.69. The zero-order valence-electron chi connectivity index (χ0n) is 44.5. The van der Waals surface area contributed by atoms with Gasteiger partial charge in [0.15, 0.2) is 0 Å². The fourth-order valence-corrected chi connectivity index (χ4v) is 10.7. The van der Waals surface area contributed by atoms with E-state index in [0.717, 1.165) is 10.6 Å². The molecule has 17 nitrogen and oxygen atoms in total. The number of esters is 1. The maximum atomic E-state index is 14.5. The number of ether oxygens (including phenoxy) is 6. The van der Waals surface area contributed by atoms with Crippen LogP contribution in [0.2, 0.25) is 0 Å². The van der Waals surface area contributed by atoms with Crippen LogP contribution in [0, 0.1) is 35.5 Å². The Bertz CT molecular complexity index is 1900. The number of hydroxylamine groups is 2. The molecule has 3 N–H and O–H groups in total. The second-order valence-electron chi connectivity index (χ2n) is 20.8. The van der Waals surface area contributed by atoms with E-state index in [4.69, 9.17) is 33.3 Å². The summed E-state index contributed by atoms with van der Waals surface area (Å²) in [5.41, 5.74) is 1.31. The molecule has 3 heterocycles. The molecule has 0 radical (unpaired) electrons. The van der Waals surface area contributed by atoms with E-state index in [1.54, 1.807) is 41.1 Å². The summed E-state index contributed by atoms with van der Waals surface area (Å²) in [6, 6.07) is -1.17. The number of allylic oxidation sites excluding steroid dienone is 6. The number of aliphatic hydroxyl groups excluding tert-OH is 2. The average molecular weight is 1000 g/mol. The van der Waals surface area contributed by atoms with Crippen molar-refractivity contribution in [3.8, 4) is 0 Å². The first-order valence-electron chi connectivity index (χ1n) is 25.7. The van der Waals surface area contributed by atoms with Gasteiger partial charge in [0.2, 0.25) is 5.79 Å². The molecule has 2 saturated heterocycles. The molecular weight excluding hydrogens is 917 g/mol. The molecule has 16 atom stereocenters. The largest absolute Gasteiger partial charge is 0.460 e. The van der Waals surface area contributed by atoms with Gasteiger partial charge < -0.3 is 48.6 Å². The van der Waals surface area contributed by atoms with E-state index in [1.165, 1.54) is 26.2 Å². The molecule has 0 aromatic rings. The number of amides is 2. The lowest BCUT2D eigenvalue weighted by Crippen LogP contribution is -2.61. The molecular formula is C54H86N2O15. The molecule has 1 aliphatic carbocycles. The summed E-state index contributed by atoms with van der Waals surface area (Å²) in [6.45, 7) is 12.9. The predicted molar refractivity (Wildman–Crippen MR) is 265 cm³/mol. The fourth-order valence-electron chi connectivity index (χ4n) is 10.7. The smallest absolute Gasteiger partial charge is 0.434 e. The number of carbonyl (C=O) groups excluding carboxylic acids is 5. The molecule has 17 heteroatoms. The summed E-state index contributed by atoms with van der Waals surface area (Å²) >= 11 is 0. The third kappa shape index (κ3) is 16.1. The van der Waals surface area contributed by atoms with Crippen molar-refractivity contribution in [1.29, 1.82) is 0 Å². The molecule has 4 aliphatic rings. The summed E-state index contributed by atoms with van der Waals surface area (Å²) in [7, 11) is 7.38. The molecule has 2 amide bonds. The van der Waals surface area contributed by atoms with Crippen LogP contribution in [0.5, 0.6) is 0 Å². The van der Waals surface area contributed by atoms with E-state index in [-0.39, 0.29) is 42.9 Å². The van der Waals surface area contributed by atoms with Gasteiger partial charge in [-0.15, -0.1) is 0 Å². The molecule has 0 spiro atoms. The maximum Gasteiger partial charge on any atom is 0.434 e. The molecule has 3 fully saturated rings. The van der Waals surface area contributed by atoms with Crippen molar-refractivity contribution >= 4 is 29.5 Å². The molecule has 4 rings (SSSR count). The van der Waals surface area contributed by atoms with Crippen LogP contribution in [0.1, 0.15) is 126 Å². The molecule has 0 aromatic carbocycles. The Morgan fingerprint density at radius 3 is 2.25 bits per heavy atom. The van der Waals surface area contributed by atoms with Gasteiger partial charge in [0.1, 0.15) is 36.2 Å². The highest BCUT2D eigenvalue weighted by molar-refractivity contribution is 6.39. The van der Waals surface area contributed by atoms with Gasteiger partial charge in [-0.05, 0) is 113 Å². The number of rotatable bonds is 8. The molecule has 402 valence electrons. The minimum Gasteiger partial charge on any atom is -0.460 e. The average Bonchev–Trinajstić information content (AvgIpc) is 3.35. The number of ketones is 2. The Morgan fingerprint density at radius 2 is 1.59 bits per heavy atom. The van der Waals surface area contributed by atoms with Crippen LogP contribution in [-0.4, -0.2) is 158 Å². The second kappa shape index (κ2) is 28.0. The predicted octanol–water partition coefficient (Wildman–Crippen LogP) is 6.61. The summed E-state index contributed by atoms with van der Waals surface area (Å²) in [6.07, 6.45) is 9.54. The van der Waals surface area contributed by atoms with Crippen LogP contribution in [0.25, 0.3) is 0 Å². The van der Waals surface area contributed by atoms with Crippen LogP contribution in [0.3, 0.4) is 0 Å². The van der Waals surface area contributed by atoms with Gasteiger partial charge in [-0.25, -0.2) is 9.59 Å². The number of cyclic esters (lactones) is 1. The SMILES string of the molecule is COC1C(O)C(C)C[C@H](C)/C=C/C=C/C=C(\C)[C@@H](OC)C[C@@H]2CC[C@@H](C)[C@@](O)(O2)C(=O)C(=O)N2CCCCC2C(=O)O[C@H]([C@H](C)C[C@@H]2CC[C@@H](OC(=O)N(C)OC)[C@H](OC)C2)CC(=O)[C@H](C)/C=C(\C)[C@H]1O. The number of piperidine rings is 1. The van der Waals surface area contributed by atoms with Gasteiger partial charge in [-0.1, -0.05) is 71.1 Å². The normalized spacial score (nSPS) is 38.9. The van der Waals surface area contributed by atoms with Crippen molar-refractivity contribution in [1.82, 2.24) is 9.96 Å².